The first-order valence-corrected chi connectivity index (χ1v) is 12.1. The van der Waals surface area contributed by atoms with Crippen LogP contribution in [0.25, 0.3) is 10.8 Å². The smallest absolute Gasteiger partial charge is 0.255 e. The summed E-state index contributed by atoms with van der Waals surface area (Å²) in [7, 11) is 0. The Morgan fingerprint density at radius 3 is 2.49 bits per heavy atom. The summed E-state index contributed by atoms with van der Waals surface area (Å²) in [6, 6.07) is 29.5. The van der Waals surface area contributed by atoms with Crippen LogP contribution in [0.5, 0.6) is 5.75 Å². The molecule has 0 fully saturated rings. The predicted octanol–water partition coefficient (Wildman–Crippen LogP) is 6.29. The van der Waals surface area contributed by atoms with E-state index in [1.165, 1.54) is 22.7 Å². The van der Waals surface area contributed by atoms with Crippen molar-refractivity contribution in [3.05, 3.63) is 114 Å². The summed E-state index contributed by atoms with van der Waals surface area (Å²) in [5.41, 5.74) is 5.25. The Labute approximate surface area is 214 Å². The van der Waals surface area contributed by atoms with E-state index in [0.29, 0.717) is 18.0 Å². The summed E-state index contributed by atoms with van der Waals surface area (Å²) in [6.45, 7) is 3.13. The molecular weight excluding hydrogens is 462 g/mol. The molecule has 7 heteroatoms. The second-order valence-corrected chi connectivity index (χ2v) is 8.98. The van der Waals surface area contributed by atoms with Crippen LogP contribution in [0.4, 0.5) is 22.9 Å². The average molecular weight is 488 g/mol. The van der Waals surface area contributed by atoms with Gasteiger partial charge in [-0.1, -0.05) is 30.3 Å². The van der Waals surface area contributed by atoms with Crippen LogP contribution in [0.3, 0.4) is 0 Å². The Morgan fingerprint density at radius 1 is 0.892 bits per heavy atom. The standard InChI is InChI=1S/C30H25N5O2/c1-20-16-29(32-18-31-20)33-23-9-11-24(12-10-23)34-30(36)22-6-13-25(14-7-22)35-17-27-26-5-3-2-4-21(26)8-15-28(27)37-19-35/h2-16,18H,17,19H2,1H3,(H,34,36)(H,31,32,33). The molecule has 6 rings (SSSR count). The number of hydrogen-bond donors (Lipinski definition) is 2. The molecule has 0 saturated heterocycles. The van der Waals surface area contributed by atoms with Crippen LogP contribution in [0.15, 0.2) is 97.3 Å². The Hall–Kier alpha value is -4.91. The van der Waals surface area contributed by atoms with E-state index >= 15 is 0 Å². The van der Waals surface area contributed by atoms with Gasteiger partial charge in [-0.3, -0.25) is 4.79 Å². The van der Waals surface area contributed by atoms with Crippen LogP contribution in [-0.4, -0.2) is 22.6 Å². The third-order valence-corrected chi connectivity index (χ3v) is 6.44. The SMILES string of the molecule is Cc1cc(Nc2ccc(NC(=O)c3ccc(N4COc5ccc6ccccc6c5C4)cc3)cc2)ncn1. The molecule has 1 aliphatic heterocycles. The van der Waals surface area contributed by atoms with Gasteiger partial charge in [0.05, 0.1) is 6.54 Å². The van der Waals surface area contributed by atoms with E-state index in [1.54, 1.807) is 0 Å². The normalized spacial score (nSPS) is 12.5. The van der Waals surface area contributed by atoms with Gasteiger partial charge in [-0.05, 0) is 72.3 Å². The number of aryl methyl sites for hydroxylation is 1. The van der Waals surface area contributed by atoms with Crippen molar-refractivity contribution in [3.8, 4) is 5.75 Å². The number of ether oxygens (including phenoxy) is 1. The van der Waals surface area contributed by atoms with Gasteiger partial charge in [0.25, 0.3) is 5.91 Å². The maximum absolute atomic E-state index is 12.8. The molecule has 0 aliphatic carbocycles. The van der Waals surface area contributed by atoms with E-state index in [9.17, 15) is 4.79 Å². The number of fused-ring (bicyclic) bond motifs is 3. The van der Waals surface area contributed by atoms with Gasteiger partial charge >= 0.3 is 0 Å². The molecule has 1 aliphatic rings. The number of nitrogens with one attached hydrogen (secondary N) is 2. The van der Waals surface area contributed by atoms with Crippen molar-refractivity contribution in [1.29, 1.82) is 0 Å². The second-order valence-electron chi connectivity index (χ2n) is 8.98. The first-order valence-electron chi connectivity index (χ1n) is 12.1. The van der Waals surface area contributed by atoms with E-state index < -0.39 is 0 Å². The van der Waals surface area contributed by atoms with Crippen molar-refractivity contribution in [1.82, 2.24) is 9.97 Å². The van der Waals surface area contributed by atoms with E-state index in [-0.39, 0.29) is 5.91 Å². The average Bonchev–Trinajstić information content (AvgIpc) is 2.94. The zero-order valence-electron chi connectivity index (χ0n) is 20.3. The molecule has 0 atom stereocenters. The zero-order chi connectivity index (χ0) is 25.2. The highest BCUT2D eigenvalue weighted by molar-refractivity contribution is 6.04. The van der Waals surface area contributed by atoms with Gasteiger partial charge in [0.2, 0.25) is 0 Å². The Morgan fingerprint density at radius 2 is 1.68 bits per heavy atom. The first-order chi connectivity index (χ1) is 18.1. The highest BCUT2D eigenvalue weighted by Gasteiger charge is 2.20. The fourth-order valence-corrected chi connectivity index (χ4v) is 4.50. The number of anilines is 4. The Kier molecular flexibility index (Phi) is 5.86. The predicted molar refractivity (Wildman–Crippen MR) is 147 cm³/mol. The van der Waals surface area contributed by atoms with Crippen molar-refractivity contribution in [2.45, 2.75) is 13.5 Å². The largest absolute Gasteiger partial charge is 0.473 e. The lowest BCUT2D eigenvalue weighted by molar-refractivity contribution is 0.102. The van der Waals surface area contributed by atoms with Crippen LogP contribution in [0.1, 0.15) is 21.6 Å². The van der Waals surface area contributed by atoms with Crippen molar-refractivity contribution < 1.29 is 9.53 Å². The number of amides is 1. The molecule has 1 aromatic heterocycles. The number of hydrogen-bond acceptors (Lipinski definition) is 6. The second kappa shape index (κ2) is 9.62. The van der Waals surface area contributed by atoms with E-state index in [1.807, 2.05) is 73.7 Å². The molecule has 4 aromatic carbocycles. The highest BCUT2D eigenvalue weighted by atomic mass is 16.5. The number of aromatic nitrogens is 2. The van der Waals surface area contributed by atoms with Crippen molar-refractivity contribution in [3.63, 3.8) is 0 Å². The van der Waals surface area contributed by atoms with Crippen molar-refractivity contribution >= 4 is 39.6 Å². The molecule has 2 heterocycles. The van der Waals surface area contributed by atoms with Crippen molar-refractivity contribution in [2.75, 3.05) is 22.3 Å². The van der Waals surface area contributed by atoms with Crippen LogP contribution < -0.4 is 20.3 Å². The van der Waals surface area contributed by atoms with Gasteiger partial charge in [0.1, 0.15) is 17.9 Å². The van der Waals surface area contributed by atoms with Crippen LogP contribution in [0, 0.1) is 6.92 Å². The lowest BCUT2D eigenvalue weighted by Crippen LogP contribution is -2.32. The van der Waals surface area contributed by atoms with Gasteiger partial charge in [-0.2, -0.15) is 0 Å². The number of benzene rings is 4. The summed E-state index contributed by atoms with van der Waals surface area (Å²) in [5, 5.41) is 8.60. The third-order valence-electron chi connectivity index (χ3n) is 6.44. The molecule has 37 heavy (non-hydrogen) atoms. The molecule has 1 amide bonds. The minimum atomic E-state index is -0.162. The molecule has 2 N–H and O–H groups in total. The molecule has 7 nitrogen and oxygen atoms in total. The summed E-state index contributed by atoms with van der Waals surface area (Å²) in [6.07, 6.45) is 1.52. The number of nitrogens with zero attached hydrogens (tertiary/aromatic N) is 3. The van der Waals surface area contributed by atoms with E-state index in [0.717, 1.165) is 35.2 Å². The van der Waals surface area contributed by atoms with E-state index in [2.05, 4.69) is 49.8 Å². The Bertz CT molecular complexity index is 1580. The number of carbonyl (C=O) groups is 1. The van der Waals surface area contributed by atoms with Gasteiger partial charge in [-0.25, -0.2) is 9.97 Å². The van der Waals surface area contributed by atoms with Crippen LogP contribution >= 0.6 is 0 Å². The molecule has 182 valence electrons. The molecule has 0 radical (unpaired) electrons. The molecular formula is C30H25N5O2. The lowest BCUT2D eigenvalue weighted by atomic mass is 10.0. The summed E-state index contributed by atoms with van der Waals surface area (Å²) >= 11 is 0. The van der Waals surface area contributed by atoms with Gasteiger partial charge in [0.15, 0.2) is 6.73 Å². The first kappa shape index (κ1) is 22.5. The highest BCUT2D eigenvalue weighted by Crippen LogP contribution is 2.34. The summed E-state index contributed by atoms with van der Waals surface area (Å²) in [5.74, 6) is 1.49. The van der Waals surface area contributed by atoms with Gasteiger partial charge < -0.3 is 20.3 Å². The minimum Gasteiger partial charge on any atom is -0.473 e. The molecule has 5 aromatic rings. The van der Waals surface area contributed by atoms with Crippen LogP contribution in [-0.2, 0) is 6.54 Å². The maximum atomic E-state index is 12.8. The lowest BCUT2D eigenvalue weighted by Gasteiger charge is -2.31. The zero-order valence-corrected chi connectivity index (χ0v) is 20.3. The molecule has 0 unspecified atom stereocenters. The topological polar surface area (TPSA) is 79.4 Å². The van der Waals surface area contributed by atoms with Crippen LogP contribution in [0.2, 0.25) is 0 Å². The fourth-order valence-electron chi connectivity index (χ4n) is 4.50. The van der Waals surface area contributed by atoms with E-state index in [4.69, 9.17) is 4.74 Å². The molecule has 0 saturated carbocycles. The van der Waals surface area contributed by atoms with Gasteiger partial charge in [0, 0.05) is 39.9 Å². The minimum absolute atomic E-state index is 0.162. The Balaban J connectivity index is 1.11. The summed E-state index contributed by atoms with van der Waals surface area (Å²) < 4.78 is 6.04. The third kappa shape index (κ3) is 4.79. The van der Waals surface area contributed by atoms with Gasteiger partial charge in [-0.15, -0.1) is 0 Å². The molecule has 0 spiro atoms. The fraction of sp³-hybridized carbons (Fsp3) is 0.100. The maximum Gasteiger partial charge on any atom is 0.255 e. The number of rotatable bonds is 5. The molecule has 0 bridgehead atoms. The quantitative estimate of drug-likeness (QED) is 0.303. The monoisotopic (exact) mass is 487 g/mol. The van der Waals surface area contributed by atoms with Crippen molar-refractivity contribution in [2.24, 2.45) is 0 Å². The summed E-state index contributed by atoms with van der Waals surface area (Å²) in [4.78, 5) is 23.3. The number of carbonyl (C=O) groups excluding carboxylic acids is 1.